The predicted molar refractivity (Wildman–Crippen MR) is 50.3 cm³/mol. The van der Waals surface area contributed by atoms with E-state index >= 15 is 0 Å². The summed E-state index contributed by atoms with van der Waals surface area (Å²) < 4.78 is 0. The van der Waals surface area contributed by atoms with Crippen LogP contribution in [0.2, 0.25) is 0 Å². The Labute approximate surface area is 87.0 Å². The standard InChI is InChI=1S/C8H12N4O3/c1-10-6(13)5-12(2)8(15)7(14)11-4-3-9/h4-5H2,1-2H3,(H,10,13)(H,11,14). The predicted octanol–water partition coefficient (Wildman–Crippen LogP) is -2.17. The molecule has 0 heterocycles. The Morgan fingerprint density at radius 1 is 1.40 bits per heavy atom. The topological polar surface area (TPSA) is 102 Å². The summed E-state index contributed by atoms with van der Waals surface area (Å²) in [6.45, 7) is -0.437. The van der Waals surface area contributed by atoms with Gasteiger partial charge in [-0.25, -0.2) is 0 Å². The maximum atomic E-state index is 11.2. The third kappa shape index (κ3) is 4.61. The van der Waals surface area contributed by atoms with Gasteiger partial charge in [0.25, 0.3) is 0 Å². The molecule has 0 aromatic heterocycles. The van der Waals surface area contributed by atoms with E-state index < -0.39 is 11.8 Å². The Morgan fingerprint density at radius 2 is 2.00 bits per heavy atom. The van der Waals surface area contributed by atoms with Crippen molar-refractivity contribution in [1.29, 1.82) is 5.26 Å². The van der Waals surface area contributed by atoms with Crippen LogP contribution in [0.1, 0.15) is 0 Å². The summed E-state index contributed by atoms with van der Waals surface area (Å²) in [6, 6.07) is 1.66. The Hall–Kier alpha value is -2.10. The van der Waals surface area contributed by atoms with Gasteiger partial charge in [0.15, 0.2) is 0 Å². The first-order chi connectivity index (χ1) is 7.02. The van der Waals surface area contributed by atoms with Gasteiger partial charge >= 0.3 is 11.8 Å². The highest BCUT2D eigenvalue weighted by Gasteiger charge is 2.19. The van der Waals surface area contributed by atoms with Gasteiger partial charge in [-0.3, -0.25) is 14.4 Å². The molecule has 0 radical (unpaired) electrons. The Balaban J connectivity index is 4.14. The molecule has 82 valence electrons. The van der Waals surface area contributed by atoms with E-state index in [0.29, 0.717) is 0 Å². The molecule has 0 aromatic rings. The number of likely N-dealkylation sites (N-methyl/N-ethyl adjacent to an activating group) is 2. The van der Waals surface area contributed by atoms with Gasteiger partial charge in [0.05, 0.1) is 12.6 Å². The number of nitrogens with one attached hydrogen (secondary N) is 2. The molecule has 0 atom stereocenters. The average molecular weight is 212 g/mol. The second-order valence-electron chi connectivity index (χ2n) is 2.68. The van der Waals surface area contributed by atoms with Crippen molar-refractivity contribution in [1.82, 2.24) is 15.5 Å². The summed E-state index contributed by atoms with van der Waals surface area (Å²) in [6.07, 6.45) is 0. The fourth-order valence-electron chi connectivity index (χ4n) is 0.735. The molecule has 15 heavy (non-hydrogen) atoms. The van der Waals surface area contributed by atoms with Gasteiger partial charge in [0.2, 0.25) is 5.91 Å². The van der Waals surface area contributed by atoms with Gasteiger partial charge in [0.1, 0.15) is 6.54 Å². The molecule has 0 fully saturated rings. The molecule has 0 spiro atoms. The minimum atomic E-state index is -0.900. The van der Waals surface area contributed by atoms with Gasteiger partial charge in [-0.15, -0.1) is 0 Å². The fourth-order valence-corrected chi connectivity index (χ4v) is 0.735. The van der Waals surface area contributed by atoms with Crippen LogP contribution < -0.4 is 10.6 Å². The molecule has 0 aromatic carbocycles. The zero-order valence-corrected chi connectivity index (χ0v) is 8.53. The van der Waals surface area contributed by atoms with Crippen LogP contribution in [0.5, 0.6) is 0 Å². The first kappa shape index (κ1) is 12.9. The van der Waals surface area contributed by atoms with Crippen LogP contribution in [-0.4, -0.2) is 49.8 Å². The van der Waals surface area contributed by atoms with Gasteiger partial charge in [0, 0.05) is 14.1 Å². The highest BCUT2D eigenvalue weighted by molar-refractivity contribution is 6.35. The van der Waals surface area contributed by atoms with Crippen molar-refractivity contribution in [3.8, 4) is 6.07 Å². The maximum Gasteiger partial charge on any atom is 0.312 e. The minimum Gasteiger partial charge on any atom is -0.358 e. The largest absolute Gasteiger partial charge is 0.358 e. The molecule has 0 aliphatic rings. The number of hydrogen-bond acceptors (Lipinski definition) is 4. The molecular weight excluding hydrogens is 200 g/mol. The van der Waals surface area contributed by atoms with Crippen LogP contribution in [0, 0.1) is 11.3 Å². The number of amides is 3. The van der Waals surface area contributed by atoms with Crippen LogP contribution >= 0.6 is 0 Å². The van der Waals surface area contributed by atoms with E-state index in [1.807, 2.05) is 0 Å². The fraction of sp³-hybridized carbons (Fsp3) is 0.500. The number of nitrogens with zero attached hydrogens (tertiary/aromatic N) is 2. The molecule has 0 saturated heterocycles. The summed E-state index contributed by atoms with van der Waals surface area (Å²) in [7, 11) is 2.75. The molecule has 7 nitrogen and oxygen atoms in total. The number of carbonyl (C=O) groups excluding carboxylic acids is 3. The van der Waals surface area contributed by atoms with Crippen molar-refractivity contribution in [2.24, 2.45) is 0 Å². The number of nitriles is 1. The number of hydrogen-bond donors (Lipinski definition) is 2. The molecule has 0 unspecified atom stereocenters. The highest BCUT2D eigenvalue weighted by atomic mass is 16.2. The number of rotatable bonds is 3. The maximum absolute atomic E-state index is 11.2. The molecule has 0 saturated carbocycles. The monoisotopic (exact) mass is 212 g/mol. The quantitative estimate of drug-likeness (QED) is 0.410. The van der Waals surface area contributed by atoms with E-state index in [0.717, 1.165) is 4.90 Å². The van der Waals surface area contributed by atoms with E-state index in [2.05, 4.69) is 10.6 Å². The van der Waals surface area contributed by atoms with Gasteiger partial charge in [-0.2, -0.15) is 5.26 Å². The Kier molecular flexibility index (Phi) is 5.48. The SMILES string of the molecule is CNC(=O)CN(C)C(=O)C(=O)NCC#N. The molecule has 2 N–H and O–H groups in total. The molecule has 7 heteroatoms. The van der Waals surface area contributed by atoms with Crippen LogP contribution in [0.25, 0.3) is 0 Å². The van der Waals surface area contributed by atoms with E-state index in [1.54, 1.807) is 6.07 Å². The Bertz CT molecular complexity index is 307. The molecule has 0 rings (SSSR count). The van der Waals surface area contributed by atoms with Gasteiger partial charge in [-0.1, -0.05) is 0 Å². The summed E-state index contributed by atoms with van der Waals surface area (Å²) in [5.74, 6) is -2.13. The molecule has 0 bridgehead atoms. The normalized spacial score (nSPS) is 8.60. The van der Waals surface area contributed by atoms with Crippen molar-refractivity contribution in [3.63, 3.8) is 0 Å². The van der Waals surface area contributed by atoms with Crippen LogP contribution in [0.3, 0.4) is 0 Å². The van der Waals surface area contributed by atoms with Crippen molar-refractivity contribution >= 4 is 17.7 Å². The zero-order chi connectivity index (χ0) is 11.8. The summed E-state index contributed by atoms with van der Waals surface area (Å²) >= 11 is 0. The lowest BCUT2D eigenvalue weighted by atomic mass is 10.4. The van der Waals surface area contributed by atoms with Crippen LogP contribution in [0.15, 0.2) is 0 Å². The van der Waals surface area contributed by atoms with E-state index in [1.165, 1.54) is 14.1 Å². The third-order valence-corrected chi connectivity index (χ3v) is 1.53. The molecule has 0 aliphatic carbocycles. The van der Waals surface area contributed by atoms with Crippen LogP contribution in [0.4, 0.5) is 0 Å². The van der Waals surface area contributed by atoms with Crippen molar-refractivity contribution in [3.05, 3.63) is 0 Å². The first-order valence-electron chi connectivity index (χ1n) is 4.13. The molecule has 3 amide bonds. The van der Waals surface area contributed by atoms with E-state index in [4.69, 9.17) is 5.26 Å². The average Bonchev–Trinajstić information content (AvgIpc) is 2.24. The molecular formula is C8H12N4O3. The third-order valence-electron chi connectivity index (χ3n) is 1.53. The summed E-state index contributed by atoms with van der Waals surface area (Å²) in [4.78, 5) is 34.1. The lowest BCUT2D eigenvalue weighted by Gasteiger charge is -2.14. The lowest BCUT2D eigenvalue weighted by Crippen LogP contribution is -2.44. The Morgan fingerprint density at radius 3 is 2.47 bits per heavy atom. The second-order valence-corrected chi connectivity index (χ2v) is 2.68. The second kappa shape index (κ2) is 6.37. The summed E-state index contributed by atoms with van der Waals surface area (Å²) in [5.41, 5.74) is 0. The van der Waals surface area contributed by atoms with Gasteiger partial charge in [-0.05, 0) is 0 Å². The van der Waals surface area contributed by atoms with Crippen molar-refractivity contribution < 1.29 is 14.4 Å². The van der Waals surface area contributed by atoms with Crippen LogP contribution in [-0.2, 0) is 14.4 Å². The first-order valence-corrected chi connectivity index (χ1v) is 4.13. The van der Waals surface area contributed by atoms with Crippen molar-refractivity contribution in [2.75, 3.05) is 27.2 Å². The summed E-state index contributed by atoms with van der Waals surface area (Å²) in [5, 5.41) is 12.6. The molecule has 0 aliphatic heterocycles. The minimum absolute atomic E-state index is 0.199. The van der Waals surface area contributed by atoms with E-state index in [-0.39, 0.29) is 19.0 Å². The van der Waals surface area contributed by atoms with E-state index in [9.17, 15) is 14.4 Å². The van der Waals surface area contributed by atoms with Crippen molar-refractivity contribution in [2.45, 2.75) is 0 Å². The zero-order valence-electron chi connectivity index (χ0n) is 8.53. The smallest absolute Gasteiger partial charge is 0.312 e. The lowest BCUT2D eigenvalue weighted by molar-refractivity contribution is -0.146. The highest BCUT2D eigenvalue weighted by Crippen LogP contribution is 1.84. The van der Waals surface area contributed by atoms with Gasteiger partial charge < -0.3 is 15.5 Å². The number of carbonyl (C=O) groups is 3.